The van der Waals surface area contributed by atoms with Gasteiger partial charge >= 0.3 is 0 Å². The molecule has 1 aromatic heterocycles. The molecule has 0 radical (unpaired) electrons. The van der Waals surface area contributed by atoms with E-state index in [1.807, 2.05) is 17.0 Å². The largest absolute Gasteiger partial charge is 0.332 e. The highest BCUT2D eigenvalue weighted by atomic mass is 35.5. The Morgan fingerprint density at radius 1 is 1.12 bits per heavy atom. The van der Waals surface area contributed by atoms with Crippen molar-refractivity contribution in [2.75, 3.05) is 24.4 Å². The molecule has 1 fully saturated rings. The number of nitrogens with zero attached hydrogens (tertiary/aromatic N) is 5. The fraction of sp³-hybridized carbons (Fsp3) is 0.273. The van der Waals surface area contributed by atoms with Gasteiger partial charge in [-0.25, -0.2) is 13.4 Å². The average Bonchev–Trinajstić information content (AvgIpc) is 3.53. The Hall–Kier alpha value is -3.24. The number of anilines is 1. The van der Waals surface area contributed by atoms with Crippen molar-refractivity contribution >= 4 is 39.0 Å². The number of hydrogen-bond acceptors (Lipinski definition) is 8. The second-order valence-electron chi connectivity index (χ2n) is 7.98. The third-order valence-corrected chi connectivity index (χ3v) is 7.03. The fourth-order valence-electron chi connectivity index (χ4n) is 4.03. The summed E-state index contributed by atoms with van der Waals surface area (Å²) in [6, 6.07) is 13.4. The molecule has 1 unspecified atom stereocenters. The van der Waals surface area contributed by atoms with Crippen molar-refractivity contribution in [3.05, 3.63) is 59.1 Å². The lowest BCUT2D eigenvalue weighted by atomic mass is 10.0. The number of hydrogen-bond donors (Lipinski definition) is 0. The minimum atomic E-state index is -3.37. The number of sulfone groups is 1. The number of benzene rings is 2. The number of carbonyl (C=O) groups excluding carboxylic acids is 1. The normalized spacial score (nSPS) is 18.8. The zero-order valence-corrected chi connectivity index (χ0v) is 19.3. The summed E-state index contributed by atoms with van der Waals surface area (Å²) in [6.07, 6.45) is 2.47. The maximum Gasteiger partial charge on any atom is 0.286 e. The first-order chi connectivity index (χ1) is 15.8. The Balaban J connectivity index is 1.48. The lowest BCUT2D eigenvalue weighted by Gasteiger charge is -2.25. The van der Waals surface area contributed by atoms with Gasteiger partial charge in [0.15, 0.2) is 9.84 Å². The van der Waals surface area contributed by atoms with Crippen LogP contribution in [0.25, 0.3) is 11.5 Å². The van der Waals surface area contributed by atoms with Gasteiger partial charge in [0.25, 0.3) is 11.8 Å². The minimum Gasteiger partial charge on any atom is -0.332 e. The van der Waals surface area contributed by atoms with Crippen molar-refractivity contribution in [3.8, 4) is 11.5 Å². The average molecular weight is 486 g/mol. The van der Waals surface area contributed by atoms with E-state index < -0.39 is 9.84 Å². The first kappa shape index (κ1) is 21.6. The molecule has 2 aromatic carbocycles. The van der Waals surface area contributed by atoms with Gasteiger partial charge in [-0.15, -0.1) is 0 Å². The molecule has 0 aliphatic carbocycles. The highest BCUT2D eigenvalue weighted by Crippen LogP contribution is 2.28. The third-order valence-electron chi connectivity index (χ3n) is 5.67. The number of likely N-dealkylation sites (tertiary alicyclic amines) is 1. The monoisotopic (exact) mass is 485 g/mol. The first-order valence-corrected chi connectivity index (χ1v) is 12.6. The van der Waals surface area contributed by atoms with E-state index in [0.717, 1.165) is 24.0 Å². The molecule has 1 atom stereocenters. The molecule has 0 saturated carbocycles. The van der Waals surface area contributed by atoms with Crippen molar-refractivity contribution in [2.24, 2.45) is 5.10 Å². The van der Waals surface area contributed by atoms with Gasteiger partial charge in [-0.1, -0.05) is 29.8 Å². The van der Waals surface area contributed by atoms with Gasteiger partial charge in [0.05, 0.1) is 23.2 Å². The van der Waals surface area contributed by atoms with Crippen LogP contribution >= 0.6 is 11.6 Å². The van der Waals surface area contributed by atoms with Gasteiger partial charge in [-0.3, -0.25) is 4.79 Å². The number of amides is 1. The zero-order valence-electron chi connectivity index (χ0n) is 17.7. The molecule has 0 spiro atoms. The number of rotatable bonds is 5. The molecule has 2 aliphatic heterocycles. The van der Waals surface area contributed by atoms with E-state index >= 15 is 0 Å². The Morgan fingerprint density at radius 2 is 1.91 bits per heavy atom. The maximum atomic E-state index is 12.5. The van der Waals surface area contributed by atoms with Crippen molar-refractivity contribution in [1.82, 2.24) is 15.0 Å². The highest BCUT2D eigenvalue weighted by molar-refractivity contribution is 7.90. The molecule has 170 valence electrons. The predicted molar refractivity (Wildman–Crippen MR) is 123 cm³/mol. The molecule has 33 heavy (non-hydrogen) atoms. The van der Waals surface area contributed by atoms with Crippen LogP contribution in [0.2, 0.25) is 5.02 Å². The van der Waals surface area contributed by atoms with E-state index in [9.17, 15) is 13.2 Å². The van der Waals surface area contributed by atoms with Gasteiger partial charge in [-0.05, 0) is 41.9 Å². The van der Waals surface area contributed by atoms with E-state index in [1.165, 1.54) is 12.1 Å². The van der Waals surface area contributed by atoms with Crippen LogP contribution < -0.4 is 5.01 Å². The van der Waals surface area contributed by atoms with Gasteiger partial charge in [-0.2, -0.15) is 10.1 Å². The number of aromatic nitrogens is 2. The lowest BCUT2D eigenvalue weighted by molar-refractivity contribution is -0.128. The topological polar surface area (TPSA) is 109 Å². The molecular formula is C22H20ClN5O4S. The standard InChI is InChI=1S/C22H20ClN5O4S/c1-33(30,31)17-5-2-4-15(12-17)21-24-22(26-32-21)28-13-18(27-11-3-6-19(27)29)20(25-28)14-7-9-16(23)10-8-14/h2,4-5,7-10,12,18H,3,6,11,13H2,1H3. The molecule has 1 saturated heterocycles. The summed E-state index contributed by atoms with van der Waals surface area (Å²) in [4.78, 5) is 18.9. The van der Waals surface area contributed by atoms with Gasteiger partial charge < -0.3 is 9.42 Å². The molecule has 3 aromatic rings. The molecule has 0 bridgehead atoms. The fourth-order valence-corrected chi connectivity index (χ4v) is 4.82. The van der Waals surface area contributed by atoms with Crippen LogP contribution in [0.1, 0.15) is 18.4 Å². The highest BCUT2D eigenvalue weighted by Gasteiger charge is 2.38. The Labute approximate surface area is 195 Å². The van der Waals surface area contributed by atoms with Crippen LogP contribution in [-0.4, -0.2) is 60.5 Å². The Bertz CT molecular complexity index is 1350. The van der Waals surface area contributed by atoms with Gasteiger partial charge in [0, 0.05) is 35.4 Å². The van der Waals surface area contributed by atoms with Crippen molar-refractivity contribution in [2.45, 2.75) is 23.8 Å². The summed E-state index contributed by atoms with van der Waals surface area (Å²) in [5, 5.41) is 11.0. The van der Waals surface area contributed by atoms with E-state index in [-0.39, 0.29) is 28.7 Å². The van der Waals surface area contributed by atoms with Crippen molar-refractivity contribution in [3.63, 3.8) is 0 Å². The predicted octanol–water partition coefficient (Wildman–Crippen LogP) is 3.01. The number of hydrazone groups is 1. The summed E-state index contributed by atoms with van der Waals surface area (Å²) in [5.74, 6) is 0.504. The van der Waals surface area contributed by atoms with E-state index in [1.54, 1.807) is 29.3 Å². The minimum absolute atomic E-state index is 0.0925. The summed E-state index contributed by atoms with van der Waals surface area (Å²) < 4.78 is 29.2. The van der Waals surface area contributed by atoms with Crippen molar-refractivity contribution < 1.29 is 17.7 Å². The molecule has 5 rings (SSSR count). The Kier molecular flexibility index (Phi) is 5.41. The van der Waals surface area contributed by atoms with Crippen LogP contribution in [0.4, 0.5) is 5.95 Å². The molecular weight excluding hydrogens is 466 g/mol. The lowest BCUT2D eigenvalue weighted by Crippen LogP contribution is -2.44. The maximum absolute atomic E-state index is 12.5. The van der Waals surface area contributed by atoms with E-state index in [4.69, 9.17) is 21.2 Å². The number of carbonyl (C=O) groups is 1. The molecule has 0 N–H and O–H groups in total. The molecule has 3 heterocycles. The molecule has 2 aliphatic rings. The summed E-state index contributed by atoms with van der Waals surface area (Å²) >= 11 is 6.04. The van der Waals surface area contributed by atoms with Crippen LogP contribution in [0.15, 0.2) is 63.1 Å². The van der Waals surface area contributed by atoms with Crippen molar-refractivity contribution in [1.29, 1.82) is 0 Å². The second-order valence-corrected chi connectivity index (χ2v) is 10.4. The molecule has 9 nitrogen and oxygen atoms in total. The van der Waals surface area contributed by atoms with E-state index in [0.29, 0.717) is 30.1 Å². The SMILES string of the molecule is CS(=O)(=O)c1cccc(-c2nc(N3CC(N4CCCC4=O)C(c4ccc(Cl)cc4)=N3)no2)c1. The molecule has 11 heteroatoms. The van der Waals surface area contributed by atoms with Gasteiger partial charge in [0.1, 0.15) is 0 Å². The smallest absolute Gasteiger partial charge is 0.286 e. The third kappa shape index (κ3) is 4.23. The number of halogens is 1. The zero-order chi connectivity index (χ0) is 23.2. The van der Waals surface area contributed by atoms with Crippen LogP contribution in [-0.2, 0) is 14.6 Å². The first-order valence-electron chi connectivity index (χ1n) is 10.4. The van der Waals surface area contributed by atoms with Crippen LogP contribution in [0.3, 0.4) is 0 Å². The Morgan fingerprint density at radius 3 is 2.61 bits per heavy atom. The quantitative estimate of drug-likeness (QED) is 0.546. The van der Waals surface area contributed by atoms with Crippen LogP contribution in [0, 0.1) is 0 Å². The second kappa shape index (κ2) is 8.27. The van der Waals surface area contributed by atoms with Crippen LogP contribution in [0.5, 0.6) is 0 Å². The summed E-state index contributed by atoms with van der Waals surface area (Å²) in [5.41, 5.74) is 2.08. The summed E-state index contributed by atoms with van der Waals surface area (Å²) in [6.45, 7) is 1.05. The van der Waals surface area contributed by atoms with E-state index in [2.05, 4.69) is 10.1 Å². The van der Waals surface area contributed by atoms with Gasteiger partial charge in [0.2, 0.25) is 5.91 Å². The molecule has 1 amide bonds. The summed E-state index contributed by atoms with van der Waals surface area (Å²) in [7, 11) is -3.37.